The van der Waals surface area contributed by atoms with E-state index in [4.69, 9.17) is 5.11 Å². The van der Waals surface area contributed by atoms with Gasteiger partial charge in [0, 0.05) is 19.4 Å². The van der Waals surface area contributed by atoms with Crippen molar-refractivity contribution in [1.29, 1.82) is 0 Å². The lowest BCUT2D eigenvalue weighted by molar-refractivity contribution is -0.137. The third-order valence-corrected chi connectivity index (χ3v) is 3.65. The summed E-state index contributed by atoms with van der Waals surface area (Å²) < 4.78 is 0. The van der Waals surface area contributed by atoms with Crippen molar-refractivity contribution in [2.45, 2.75) is 77.2 Å². The van der Waals surface area contributed by atoms with Crippen LogP contribution in [0.5, 0.6) is 0 Å². The molecule has 0 aromatic rings. The SMILES string of the molecule is CCCCCC(O)C=CC=CCNC(=O)CCCCCCC(=O)O. The van der Waals surface area contributed by atoms with Gasteiger partial charge in [0.15, 0.2) is 0 Å². The average molecular weight is 339 g/mol. The van der Waals surface area contributed by atoms with E-state index >= 15 is 0 Å². The van der Waals surface area contributed by atoms with E-state index < -0.39 is 12.1 Å². The molecule has 0 spiro atoms. The molecule has 0 aliphatic rings. The molecule has 0 aliphatic heterocycles. The number of carboxylic acid groups (broad SMARTS) is 1. The Morgan fingerprint density at radius 2 is 1.71 bits per heavy atom. The number of aliphatic hydroxyl groups excluding tert-OH is 1. The van der Waals surface area contributed by atoms with Crippen LogP contribution < -0.4 is 5.32 Å². The van der Waals surface area contributed by atoms with E-state index in [-0.39, 0.29) is 12.3 Å². The van der Waals surface area contributed by atoms with Gasteiger partial charge in [0.1, 0.15) is 0 Å². The Kier molecular flexibility index (Phi) is 15.1. The van der Waals surface area contributed by atoms with Gasteiger partial charge >= 0.3 is 5.97 Å². The van der Waals surface area contributed by atoms with Gasteiger partial charge in [-0.1, -0.05) is 63.3 Å². The summed E-state index contributed by atoms with van der Waals surface area (Å²) in [6, 6.07) is 0. The van der Waals surface area contributed by atoms with Crippen LogP contribution in [-0.2, 0) is 9.59 Å². The van der Waals surface area contributed by atoms with Gasteiger partial charge in [0.05, 0.1) is 6.10 Å². The fourth-order valence-corrected chi connectivity index (χ4v) is 2.22. The number of carbonyl (C=O) groups excluding carboxylic acids is 1. The van der Waals surface area contributed by atoms with Crippen LogP contribution in [0.1, 0.15) is 71.1 Å². The van der Waals surface area contributed by atoms with Gasteiger partial charge in [-0.15, -0.1) is 0 Å². The Labute approximate surface area is 145 Å². The van der Waals surface area contributed by atoms with E-state index in [9.17, 15) is 14.7 Å². The van der Waals surface area contributed by atoms with Crippen LogP contribution in [0.2, 0.25) is 0 Å². The molecule has 0 rings (SSSR count). The van der Waals surface area contributed by atoms with Crippen molar-refractivity contribution in [2.24, 2.45) is 0 Å². The molecule has 1 atom stereocenters. The molecule has 1 amide bonds. The van der Waals surface area contributed by atoms with Crippen LogP contribution in [0.3, 0.4) is 0 Å². The summed E-state index contributed by atoms with van der Waals surface area (Å²) in [5.41, 5.74) is 0. The Balaban J connectivity index is 3.54. The zero-order valence-corrected chi connectivity index (χ0v) is 14.9. The summed E-state index contributed by atoms with van der Waals surface area (Å²) in [7, 11) is 0. The fourth-order valence-electron chi connectivity index (χ4n) is 2.22. The second-order valence-electron chi connectivity index (χ2n) is 5.99. The first-order valence-corrected chi connectivity index (χ1v) is 9.06. The van der Waals surface area contributed by atoms with Gasteiger partial charge in [-0.3, -0.25) is 9.59 Å². The molecule has 1 unspecified atom stereocenters. The van der Waals surface area contributed by atoms with E-state index in [1.54, 1.807) is 6.08 Å². The highest BCUT2D eigenvalue weighted by atomic mass is 16.4. The second kappa shape index (κ2) is 16.2. The molecule has 0 aromatic heterocycles. The lowest BCUT2D eigenvalue weighted by Gasteiger charge is -2.03. The van der Waals surface area contributed by atoms with E-state index in [1.807, 2.05) is 18.2 Å². The summed E-state index contributed by atoms with van der Waals surface area (Å²) in [5, 5.41) is 21.0. The summed E-state index contributed by atoms with van der Waals surface area (Å²) in [6.45, 7) is 2.62. The number of hydrogen-bond acceptors (Lipinski definition) is 3. The number of carboxylic acids is 1. The van der Waals surface area contributed by atoms with Crippen molar-refractivity contribution in [1.82, 2.24) is 5.32 Å². The minimum absolute atomic E-state index is 0.0152. The molecular formula is C19H33NO4. The Morgan fingerprint density at radius 1 is 1.00 bits per heavy atom. The zero-order valence-electron chi connectivity index (χ0n) is 14.9. The van der Waals surface area contributed by atoms with Crippen molar-refractivity contribution in [3.8, 4) is 0 Å². The van der Waals surface area contributed by atoms with Crippen LogP contribution in [-0.4, -0.2) is 34.7 Å². The van der Waals surface area contributed by atoms with E-state index in [1.165, 1.54) is 0 Å². The highest BCUT2D eigenvalue weighted by molar-refractivity contribution is 5.75. The maximum absolute atomic E-state index is 11.6. The molecule has 5 nitrogen and oxygen atoms in total. The first kappa shape index (κ1) is 22.4. The minimum Gasteiger partial charge on any atom is -0.481 e. The Morgan fingerprint density at radius 3 is 2.38 bits per heavy atom. The molecule has 24 heavy (non-hydrogen) atoms. The van der Waals surface area contributed by atoms with Crippen LogP contribution in [0.4, 0.5) is 0 Å². The molecule has 0 bridgehead atoms. The number of amides is 1. The van der Waals surface area contributed by atoms with Gasteiger partial charge in [-0.05, 0) is 19.3 Å². The second-order valence-corrected chi connectivity index (χ2v) is 5.99. The third-order valence-electron chi connectivity index (χ3n) is 3.65. The quantitative estimate of drug-likeness (QED) is 0.314. The third kappa shape index (κ3) is 16.7. The number of carbonyl (C=O) groups is 2. The first-order chi connectivity index (χ1) is 11.6. The van der Waals surface area contributed by atoms with Crippen LogP contribution in [0.15, 0.2) is 24.3 Å². The maximum Gasteiger partial charge on any atom is 0.303 e. The molecule has 0 fully saturated rings. The van der Waals surface area contributed by atoms with Crippen molar-refractivity contribution in [3.05, 3.63) is 24.3 Å². The lowest BCUT2D eigenvalue weighted by Crippen LogP contribution is -2.22. The number of nitrogens with one attached hydrogen (secondary N) is 1. The molecule has 0 radical (unpaired) electrons. The predicted molar refractivity (Wildman–Crippen MR) is 96.8 cm³/mol. The number of rotatable bonds is 15. The number of hydrogen-bond donors (Lipinski definition) is 3. The Hall–Kier alpha value is -1.62. The normalized spacial score (nSPS) is 12.8. The predicted octanol–water partition coefficient (Wildman–Crippen LogP) is 3.58. The highest BCUT2D eigenvalue weighted by Crippen LogP contribution is 2.05. The van der Waals surface area contributed by atoms with Gasteiger partial charge in [-0.25, -0.2) is 0 Å². The molecule has 0 saturated carbocycles. The van der Waals surface area contributed by atoms with E-state index in [2.05, 4.69) is 12.2 Å². The average Bonchev–Trinajstić information content (AvgIpc) is 2.54. The summed E-state index contributed by atoms with van der Waals surface area (Å²) in [5.74, 6) is -0.747. The monoisotopic (exact) mass is 339 g/mol. The first-order valence-electron chi connectivity index (χ1n) is 9.06. The standard InChI is InChI=1S/C19H33NO4/c1-2-3-7-12-17(21)13-8-6-11-16-20-18(22)14-9-4-5-10-15-19(23)24/h6,8,11,13,17,21H,2-5,7,9-10,12,14-16H2,1H3,(H,20,22)(H,23,24). The zero-order chi connectivity index (χ0) is 18.0. The number of aliphatic carboxylic acids is 1. The van der Waals surface area contributed by atoms with Crippen molar-refractivity contribution < 1.29 is 19.8 Å². The molecular weight excluding hydrogens is 306 g/mol. The van der Waals surface area contributed by atoms with E-state index in [0.29, 0.717) is 19.4 Å². The molecule has 138 valence electrons. The Bertz CT molecular complexity index is 391. The van der Waals surface area contributed by atoms with Crippen LogP contribution in [0.25, 0.3) is 0 Å². The van der Waals surface area contributed by atoms with Crippen molar-refractivity contribution in [3.63, 3.8) is 0 Å². The molecule has 0 heterocycles. The number of aliphatic hydroxyl groups is 1. The van der Waals surface area contributed by atoms with Crippen LogP contribution >= 0.6 is 0 Å². The molecule has 5 heteroatoms. The maximum atomic E-state index is 11.6. The number of allylic oxidation sites excluding steroid dienone is 2. The topological polar surface area (TPSA) is 86.6 Å². The van der Waals surface area contributed by atoms with Gasteiger partial charge < -0.3 is 15.5 Å². The summed E-state index contributed by atoms with van der Waals surface area (Å²) in [4.78, 5) is 21.9. The largest absolute Gasteiger partial charge is 0.481 e. The van der Waals surface area contributed by atoms with Gasteiger partial charge in [0.25, 0.3) is 0 Å². The van der Waals surface area contributed by atoms with Gasteiger partial charge in [-0.2, -0.15) is 0 Å². The molecule has 0 saturated heterocycles. The smallest absolute Gasteiger partial charge is 0.303 e. The highest BCUT2D eigenvalue weighted by Gasteiger charge is 2.00. The van der Waals surface area contributed by atoms with Crippen LogP contribution in [0, 0.1) is 0 Å². The summed E-state index contributed by atoms with van der Waals surface area (Å²) >= 11 is 0. The van der Waals surface area contributed by atoms with E-state index in [0.717, 1.165) is 44.9 Å². The number of unbranched alkanes of at least 4 members (excludes halogenated alkanes) is 5. The van der Waals surface area contributed by atoms with Crippen molar-refractivity contribution >= 4 is 11.9 Å². The molecule has 0 aromatic carbocycles. The molecule has 3 N–H and O–H groups in total. The summed E-state index contributed by atoms with van der Waals surface area (Å²) in [6.07, 6.45) is 14.9. The molecule has 0 aliphatic carbocycles. The van der Waals surface area contributed by atoms with Gasteiger partial charge in [0.2, 0.25) is 5.91 Å². The minimum atomic E-state index is -0.762. The van der Waals surface area contributed by atoms with Crippen molar-refractivity contribution in [2.75, 3.05) is 6.54 Å². The lowest BCUT2D eigenvalue weighted by atomic mass is 10.1. The fraction of sp³-hybridized carbons (Fsp3) is 0.684.